The SMILES string of the molecule is C=CN(/N=C\C)/C(=C\c1cccc([N+](=O)[O-])c1)C(=O)C1CCN(C2CCN(C)CC2)CC1. The third kappa shape index (κ3) is 5.89. The molecular formula is C24H33N5O3. The lowest BCUT2D eigenvalue weighted by Gasteiger charge is -2.41. The molecule has 0 unspecified atom stereocenters. The van der Waals surface area contributed by atoms with Crippen molar-refractivity contribution in [3.63, 3.8) is 0 Å². The Bertz CT molecular complexity index is 881. The second-order valence-corrected chi connectivity index (χ2v) is 8.49. The number of hydrogen-bond acceptors (Lipinski definition) is 7. The number of carbonyl (C=O) groups is 1. The maximum atomic E-state index is 13.5. The van der Waals surface area contributed by atoms with Crippen molar-refractivity contribution in [1.29, 1.82) is 0 Å². The Morgan fingerprint density at radius 2 is 1.91 bits per heavy atom. The van der Waals surface area contributed by atoms with Gasteiger partial charge in [-0.05, 0) is 77.5 Å². The number of hydrogen-bond donors (Lipinski definition) is 0. The molecule has 0 amide bonds. The summed E-state index contributed by atoms with van der Waals surface area (Å²) in [5, 5.41) is 16.9. The zero-order valence-corrected chi connectivity index (χ0v) is 19.0. The molecule has 0 spiro atoms. The fourth-order valence-electron chi connectivity index (χ4n) is 4.56. The summed E-state index contributed by atoms with van der Waals surface area (Å²) in [7, 11) is 2.17. The molecule has 172 valence electrons. The summed E-state index contributed by atoms with van der Waals surface area (Å²) >= 11 is 0. The van der Waals surface area contributed by atoms with Crippen LogP contribution in [0.5, 0.6) is 0 Å². The molecule has 0 aliphatic carbocycles. The van der Waals surface area contributed by atoms with Crippen LogP contribution in [0.1, 0.15) is 38.2 Å². The van der Waals surface area contributed by atoms with Crippen molar-refractivity contribution in [2.75, 3.05) is 33.2 Å². The number of rotatable bonds is 8. The maximum absolute atomic E-state index is 13.5. The smallest absolute Gasteiger partial charge is 0.270 e. The summed E-state index contributed by atoms with van der Waals surface area (Å²) in [5.74, 6) is -0.0954. The molecule has 0 bridgehead atoms. The number of hydrazone groups is 1. The van der Waals surface area contributed by atoms with E-state index in [0.29, 0.717) is 17.3 Å². The number of benzene rings is 1. The van der Waals surface area contributed by atoms with E-state index >= 15 is 0 Å². The van der Waals surface area contributed by atoms with Crippen molar-refractivity contribution < 1.29 is 9.72 Å². The van der Waals surface area contributed by atoms with E-state index in [4.69, 9.17) is 0 Å². The van der Waals surface area contributed by atoms with E-state index in [1.54, 1.807) is 31.3 Å². The highest BCUT2D eigenvalue weighted by Gasteiger charge is 2.32. The molecule has 0 saturated carbocycles. The molecule has 0 radical (unpaired) electrons. The number of non-ortho nitro benzene ring substituents is 1. The molecule has 8 heteroatoms. The lowest BCUT2D eigenvalue weighted by Crippen LogP contribution is -2.47. The van der Waals surface area contributed by atoms with Crippen LogP contribution in [0, 0.1) is 16.0 Å². The number of nitrogens with zero attached hydrogens (tertiary/aromatic N) is 5. The Morgan fingerprint density at radius 3 is 2.50 bits per heavy atom. The zero-order chi connectivity index (χ0) is 23.1. The average molecular weight is 440 g/mol. The van der Waals surface area contributed by atoms with Gasteiger partial charge in [0, 0.05) is 36.5 Å². The molecule has 3 rings (SSSR count). The number of allylic oxidation sites excluding steroid dienone is 1. The van der Waals surface area contributed by atoms with E-state index in [1.165, 1.54) is 36.2 Å². The molecule has 2 aliphatic heterocycles. The first-order valence-electron chi connectivity index (χ1n) is 11.3. The van der Waals surface area contributed by atoms with Gasteiger partial charge in [0.05, 0.1) is 4.92 Å². The lowest BCUT2D eigenvalue weighted by molar-refractivity contribution is -0.384. The van der Waals surface area contributed by atoms with Gasteiger partial charge >= 0.3 is 0 Å². The van der Waals surface area contributed by atoms with Gasteiger partial charge in [-0.2, -0.15) is 5.10 Å². The van der Waals surface area contributed by atoms with Crippen LogP contribution in [0.3, 0.4) is 0 Å². The van der Waals surface area contributed by atoms with Gasteiger partial charge in [0.2, 0.25) is 0 Å². The molecular weight excluding hydrogens is 406 g/mol. The molecule has 2 fully saturated rings. The standard InChI is InChI=1S/C24H33N5O3/c1-4-25-28(5-2)23(18-19-7-6-8-22(17-19)29(31)32)24(30)20-9-15-27(16-10-20)21-11-13-26(3)14-12-21/h4-8,17-18,20-21H,2,9-16H2,1,3H3/b23-18-,25-4-. The highest BCUT2D eigenvalue weighted by molar-refractivity contribution is 6.00. The van der Waals surface area contributed by atoms with Crippen LogP contribution in [0.15, 0.2) is 47.8 Å². The van der Waals surface area contributed by atoms with Crippen LogP contribution in [0.4, 0.5) is 5.69 Å². The van der Waals surface area contributed by atoms with Crippen LogP contribution >= 0.6 is 0 Å². The summed E-state index contributed by atoms with van der Waals surface area (Å²) < 4.78 is 0. The minimum Gasteiger partial charge on any atom is -0.306 e. The lowest BCUT2D eigenvalue weighted by atomic mass is 9.88. The van der Waals surface area contributed by atoms with E-state index in [0.717, 1.165) is 39.0 Å². The summed E-state index contributed by atoms with van der Waals surface area (Å²) in [4.78, 5) is 29.2. The molecule has 8 nitrogen and oxygen atoms in total. The monoisotopic (exact) mass is 439 g/mol. The topological polar surface area (TPSA) is 82.3 Å². The summed E-state index contributed by atoms with van der Waals surface area (Å²) in [6.07, 6.45) is 8.74. The first-order chi connectivity index (χ1) is 15.4. The van der Waals surface area contributed by atoms with Crippen LogP contribution < -0.4 is 0 Å². The maximum Gasteiger partial charge on any atom is 0.270 e. The van der Waals surface area contributed by atoms with Gasteiger partial charge in [0.15, 0.2) is 5.78 Å². The number of carbonyl (C=O) groups excluding carboxylic acids is 1. The zero-order valence-electron chi connectivity index (χ0n) is 19.0. The van der Waals surface area contributed by atoms with Crippen molar-refractivity contribution in [2.24, 2.45) is 11.0 Å². The average Bonchev–Trinajstić information content (AvgIpc) is 2.81. The largest absolute Gasteiger partial charge is 0.306 e. The van der Waals surface area contributed by atoms with E-state index < -0.39 is 4.92 Å². The number of piperidine rings is 2. The normalized spacial score (nSPS) is 19.9. The fourth-order valence-corrected chi connectivity index (χ4v) is 4.56. The Labute approximate surface area is 190 Å². The number of Topliss-reactive ketones (excluding diaryl/α,β-unsaturated/α-hetero) is 1. The third-order valence-corrected chi connectivity index (χ3v) is 6.40. The predicted molar refractivity (Wildman–Crippen MR) is 127 cm³/mol. The first kappa shape index (κ1) is 23.8. The fraction of sp³-hybridized carbons (Fsp3) is 0.500. The number of ketones is 1. The number of nitro benzene ring substituents is 1. The van der Waals surface area contributed by atoms with E-state index in [1.807, 2.05) is 0 Å². The van der Waals surface area contributed by atoms with Gasteiger partial charge < -0.3 is 9.80 Å². The van der Waals surface area contributed by atoms with Crippen molar-refractivity contribution in [3.8, 4) is 0 Å². The molecule has 1 aromatic carbocycles. The van der Waals surface area contributed by atoms with Crippen molar-refractivity contribution in [1.82, 2.24) is 14.8 Å². The van der Waals surface area contributed by atoms with Gasteiger partial charge in [0.25, 0.3) is 5.69 Å². The Kier molecular flexibility index (Phi) is 8.30. The van der Waals surface area contributed by atoms with Crippen molar-refractivity contribution >= 4 is 23.8 Å². The van der Waals surface area contributed by atoms with Crippen molar-refractivity contribution in [2.45, 2.75) is 38.6 Å². The minimum absolute atomic E-state index is 0.00466. The van der Waals surface area contributed by atoms with Crippen LogP contribution in [-0.2, 0) is 4.79 Å². The molecule has 0 atom stereocenters. The van der Waals surface area contributed by atoms with Gasteiger partial charge in [-0.3, -0.25) is 14.9 Å². The van der Waals surface area contributed by atoms with Crippen molar-refractivity contribution in [3.05, 3.63) is 58.4 Å². The highest BCUT2D eigenvalue weighted by Crippen LogP contribution is 2.28. The third-order valence-electron chi connectivity index (χ3n) is 6.40. The molecule has 32 heavy (non-hydrogen) atoms. The Hall–Kier alpha value is -2.84. The molecule has 2 heterocycles. The first-order valence-corrected chi connectivity index (χ1v) is 11.3. The second-order valence-electron chi connectivity index (χ2n) is 8.49. The predicted octanol–water partition coefficient (Wildman–Crippen LogP) is 3.76. The van der Waals surface area contributed by atoms with Crippen LogP contribution in [-0.4, -0.2) is 71.0 Å². The highest BCUT2D eigenvalue weighted by atomic mass is 16.6. The molecule has 2 saturated heterocycles. The Morgan fingerprint density at radius 1 is 1.22 bits per heavy atom. The summed E-state index contributed by atoms with van der Waals surface area (Å²) in [6, 6.07) is 6.88. The molecule has 2 aliphatic rings. The van der Waals surface area contributed by atoms with E-state index in [-0.39, 0.29) is 17.4 Å². The van der Waals surface area contributed by atoms with Gasteiger partial charge in [-0.15, -0.1) is 0 Å². The number of nitro groups is 1. The minimum atomic E-state index is -0.437. The van der Waals surface area contributed by atoms with Gasteiger partial charge in [-0.1, -0.05) is 18.7 Å². The Balaban J connectivity index is 1.77. The second kappa shape index (κ2) is 11.2. The summed E-state index contributed by atoms with van der Waals surface area (Å²) in [5.41, 5.74) is 0.960. The van der Waals surface area contributed by atoms with Crippen LogP contribution in [0.2, 0.25) is 0 Å². The van der Waals surface area contributed by atoms with E-state index in [9.17, 15) is 14.9 Å². The quantitative estimate of drug-likeness (QED) is 0.265. The van der Waals surface area contributed by atoms with Crippen LogP contribution in [0.25, 0.3) is 6.08 Å². The van der Waals surface area contributed by atoms with E-state index in [2.05, 4.69) is 28.5 Å². The molecule has 0 N–H and O–H groups in total. The summed E-state index contributed by atoms with van der Waals surface area (Å²) in [6.45, 7) is 9.65. The van der Waals surface area contributed by atoms with Gasteiger partial charge in [-0.25, -0.2) is 5.01 Å². The van der Waals surface area contributed by atoms with Gasteiger partial charge in [0.1, 0.15) is 5.70 Å². The number of likely N-dealkylation sites (tertiary alicyclic amines) is 2. The molecule has 1 aromatic rings. The molecule has 0 aromatic heterocycles.